The minimum Gasteiger partial charge on any atom is -0.508 e. The zero-order valence-corrected chi connectivity index (χ0v) is 10.4. The van der Waals surface area contributed by atoms with Crippen molar-refractivity contribution in [1.29, 1.82) is 0 Å². The van der Waals surface area contributed by atoms with E-state index < -0.39 is 0 Å². The number of phenols is 1. The number of aromatic hydroxyl groups is 1. The summed E-state index contributed by atoms with van der Waals surface area (Å²) in [6.45, 7) is 3.60. The van der Waals surface area contributed by atoms with E-state index in [-0.39, 0.29) is 6.10 Å². The molecule has 0 bridgehead atoms. The lowest BCUT2D eigenvalue weighted by atomic mass is 10.1. The summed E-state index contributed by atoms with van der Waals surface area (Å²) in [5.74, 6) is 0.303. The van der Waals surface area contributed by atoms with E-state index >= 15 is 0 Å². The van der Waals surface area contributed by atoms with E-state index in [0.29, 0.717) is 24.0 Å². The third-order valence-corrected chi connectivity index (χ3v) is 3.43. The molecule has 2 unspecified atom stereocenters. The van der Waals surface area contributed by atoms with Gasteiger partial charge in [0.05, 0.1) is 6.10 Å². The summed E-state index contributed by atoms with van der Waals surface area (Å²) >= 11 is 0. The molecule has 0 aliphatic carbocycles. The molecule has 0 amide bonds. The third-order valence-electron chi connectivity index (χ3n) is 3.43. The lowest BCUT2D eigenvalue weighted by molar-refractivity contribution is 0.0812. The summed E-state index contributed by atoms with van der Waals surface area (Å²) in [6.07, 6.45) is 1.30. The van der Waals surface area contributed by atoms with Crippen molar-refractivity contribution in [3.05, 3.63) is 23.8 Å². The SMILES string of the molecule is CC1OCCC1N(C)Cc1cc(N)ccc1O. The van der Waals surface area contributed by atoms with Gasteiger partial charge in [-0.25, -0.2) is 0 Å². The first-order valence-electron chi connectivity index (χ1n) is 5.97. The van der Waals surface area contributed by atoms with Gasteiger partial charge in [-0.3, -0.25) is 4.90 Å². The highest BCUT2D eigenvalue weighted by Gasteiger charge is 2.28. The number of ether oxygens (including phenoxy) is 1. The number of hydrogen-bond acceptors (Lipinski definition) is 4. The predicted molar refractivity (Wildman–Crippen MR) is 67.8 cm³/mol. The lowest BCUT2D eigenvalue weighted by Gasteiger charge is -2.26. The molecule has 94 valence electrons. The predicted octanol–water partition coefficient (Wildman–Crippen LogP) is 1.58. The Balaban J connectivity index is 2.07. The summed E-state index contributed by atoms with van der Waals surface area (Å²) in [5.41, 5.74) is 7.28. The van der Waals surface area contributed by atoms with Crippen LogP contribution in [0.1, 0.15) is 18.9 Å². The summed E-state index contributed by atoms with van der Waals surface area (Å²) in [6, 6.07) is 5.59. The maximum Gasteiger partial charge on any atom is 0.120 e. The van der Waals surface area contributed by atoms with Gasteiger partial charge in [0.1, 0.15) is 5.75 Å². The van der Waals surface area contributed by atoms with Crippen molar-refractivity contribution in [1.82, 2.24) is 4.90 Å². The zero-order chi connectivity index (χ0) is 12.4. The van der Waals surface area contributed by atoms with Crippen LogP contribution in [-0.2, 0) is 11.3 Å². The van der Waals surface area contributed by atoms with Gasteiger partial charge in [-0.15, -0.1) is 0 Å². The molecule has 1 saturated heterocycles. The first-order valence-corrected chi connectivity index (χ1v) is 5.97. The van der Waals surface area contributed by atoms with E-state index in [0.717, 1.165) is 18.6 Å². The Morgan fingerprint density at radius 2 is 2.29 bits per heavy atom. The summed E-state index contributed by atoms with van der Waals surface area (Å²) in [7, 11) is 2.05. The van der Waals surface area contributed by atoms with Gasteiger partial charge in [0.2, 0.25) is 0 Å². The number of nitrogens with two attached hydrogens (primary N) is 1. The third kappa shape index (κ3) is 2.70. The highest BCUT2D eigenvalue weighted by atomic mass is 16.5. The molecule has 1 aliphatic heterocycles. The van der Waals surface area contributed by atoms with Crippen molar-refractivity contribution in [2.24, 2.45) is 0 Å². The molecule has 0 saturated carbocycles. The van der Waals surface area contributed by atoms with Gasteiger partial charge < -0.3 is 15.6 Å². The quantitative estimate of drug-likeness (QED) is 0.618. The maximum absolute atomic E-state index is 9.78. The van der Waals surface area contributed by atoms with E-state index in [1.165, 1.54) is 0 Å². The Labute approximate surface area is 102 Å². The molecule has 0 spiro atoms. The van der Waals surface area contributed by atoms with E-state index in [2.05, 4.69) is 18.9 Å². The highest BCUT2D eigenvalue weighted by Crippen LogP contribution is 2.25. The van der Waals surface area contributed by atoms with Crippen LogP contribution in [0.15, 0.2) is 18.2 Å². The summed E-state index contributed by atoms with van der Waals surface area (Å²) in [4.78, 5) is 2.21. The minimum atomic E-state index is 0.253. The number of nitrogens with zero attached hydrogens (tertiary/aromatic N) is 1. The first kappa shape index (κ1) is 12.2. The van der Waals surface area contributed by atoms with E-state index in [1.54, 1.807) is 12.1 Å². The summed E-state index contributed by atoms with van der Waals surface area (Å²) in [5, 5.41) is 9.78. The van der Waals surface area contributed by atoms with Crippen LogP contribution in [0.25, 0.3) is 0 Å². The lowest BCUT2D eigenvalue weighted by Crippen LogP contribution is -2.36. The number of anilines is 1. The molecule has 4 nitrogen and oxygen atoms in total. The van der Waals surface area contributed by atoms with Gasteiger partial charge in [0, 0.05) is 30.4 Å². The second-order valence-corrected chi connectivity index (χ2v) is 4.74. The zero-order valence-electron chi connectivity index (χ0n) is 10.4. The Morgan fingerprint density at radius 1 is 1.53 bits per heavy atom. The molecule has 3 N–H and O–H groups in total. The van der Waals surface area contributed by atoms with Crippen LogP contribution < -0.4 is 5.73 Å². The number of nitrogen functional groups attached to an aromatic ring is 1. The van der Waals surface area contributed by atoms with Gasteiger partial charge in [-0.05, 0) is 38.6 Å². The average molecular weight is 236 g/mol. The second-order valence-electron chi connectivity index (χ2n) is 4.74. The Bertz CT molecular complexity index is 395. The summed E-state index contributed by atoms with van der Waals surface area (Å²) < 4.78 is 5.55. The molecule has 1 aliphatic rings. The monoisotopic (exact) mass is 236 g/mol. The Kier molecular flexibility index (Phi) is 3.54. The fraction of sp³-hybridized carbons (Fsp3) is 0.538. The van der Waals surface area contributed by atoms with Gasteiger partial charge in [0.15, 0.2) is 0 Å². The van der Waals surface area contributed by atoms with Crippen molar-refractivity contribution >= 4 is 5.69 Å². The van der Waals surface area contributed by atoms with Gasteiger partial charge in [-0.2, -0.15) is 0 Å². The van der Waals surface area contributed by atoms with Crippen LogP contribution in [0.2, 0.25) is 0 Å². The largest absolute Gasteiger partial charge is 0.508 e. The van der Waals surface area contributed by atoms with E-state index in [1.807, 2.05) is 6.07 Å². The Morgan fingerprint density at radius 3 is 2.94 bits per heavy atom. The minimum absolute atomic E-state index is 0.253. The molecule has 1 heterocycles. The van der Waals surface area contributed by atoms with E-state index in [4.69, 9.17) is 10.5 Å². The Hall–Kier alpha value is -1.26. The van der Waals surface area contributed by atoms with Crippen molar-refractivity contribution in [3.63, 3.8) is 0 Å². The van der Waals surface area contributed by atoms with Crippen LogP contribution in [-0.4, -0.2) is 35.8 Å². The van der Waals surface area contributed by atoms with Gasteiger partial charge in [0.25, 0.3) is 0 Å². The standard InChI is InChI=1S/C13H20N2O2/c1-9-12(5-6-17-9)15(2)8-10-7-11(14)3-4-13(10)16/h3-4,7,9,12,16H,5-6,8,14H2,1-2H3. The van der Waals surface area contributed by atoms with E-state index in [9.17, 15) is 5.11 Å². The number of benzene rings is 1. The molecule has 17 heavy (non-hydrogen) atoms. The molecule has 0 aromatic heterocycles. The van der Waals surface area contributed by atoms with Crippen LogP contribution in [0.5, 0.6) is 5.75 Å². The van der Waals surface area contributed by atoms with Crippen LogP contribution >= 0.6 is 0 Å². The van der Waals surface area contributed by atoms with Crippen molar-refractivity contribution < 1.29 is 9.84 Å². The molecule has 4 heteroatoms. The smallest absolute Gasteiger partial charge is 0.120 e. The average Bonchev–Trinajstić information content (AvgIpc) is 2.70. The first-order chi connectivity index (χ1) is 8.08. The number of rotatable bonds is 3. The fourth-order valence-corrected chi connectivity index (χ4v) is 2.42. The molecule has 0 radical (unpaired) electrons. The second kappa shape index (κ2) is 4.94. The molecule has 2 rings (SSSR count). The van der Waals surface area contributed by atoms with Crippen molar-refractivity contribution in [2.45, 2.75) is 32.0 Å². The van der Waals surface area contributed by atoms with Gasteiger partial charge in [-0.1, -0.05) is 0 Å². The fourth-order valence-electron chi connectivity index (χ4n) is 2.42. The highest BCUT2D eigenvalue weighted by molar-refractivity contribution is 5.47. The maximum atomic E-state index is 9.78. The number of phenolic OH excluding ortho intramolecular Hbond substituents is 1. The van der Waals surface area contributed by atoms with Crippen LogP contribution in [0.4, 0.5) is 5.69 Å². The molecular weight excluding hydrogens is 216 g/mol. The molecule has 1 aromatic carbocycles. The van der Waals surface area contributed by atoms with Crippen molar-refractivity contribution in [3.8, 4) is 5.75 Å². The number of hydrogen-bond donors (Lipinski definition) is 2. The van der Waals surface area contributed by atoms with Gasteiger partial charge >= 0.3 is 0 Å². The molecule has 1 fully saturated rings. The molecular formula is C13H20N2O2. The normalized spacial score (nSPS) is 24.4. The molecule has 1 aromatic rings. The van der Waals surface area contributed by atoms with Crippen molar-refractivity contribution in [2.75, 3.05) is 19.4 Å². The topological polar surface area (TPSA) is 58.7 Å². The number of likely N-dealkylation sites (N-methyl/N-ethyl adjacent to an activating group) is 1. The molecule has 2 atom stereocenters. The van der Waals surface area contributed by atoms with Crippen LogP contribution in [0.3, 0.4) is 0 Å². The van der Waals surface area contributed by atoms with Crippen LogP contribution in [0, 0.1) is 0 Å².